The topological polar surface area (TPSA) is 102 Å². The van der Waals surface area contributed by atoms with Crippen LogP contribution >= 0.6 is 0 Å². The van der Waals surface area contributed by atoms with Gasteiger partial charge in [-0.2, -0.15) is 0 Å². The van der Waals surface area contributed by atoms with E-state index in [0.29, 0.717) is 22.5 Å². The Kier molecular flexibility index (Phi) is 6.32. The van der Waals surface area contributed by atoms with E-state index in [1.165, 1.54) is 36.2 Å². The van der Waals surface area contributed by atoms with Crippen LogP contribution in [0.15, 0.2) is 34.3 Å². The van der Waals surface area contributed by atoms with Gasteiger partial charge in [-0.15, -0.1) is 0 Å². The normalized spacial score (nSPS) is 24.9. The average Bonchev–Trinajstić information content (AvgIpc) is 3.44. The molecule has 0 bridgehead atoms. The molecule has 39 heavy (non-hydrogen) atoms. The van der Waals surface area contributed by atoms with Crippen molar-refractivity contribution in [3.63, 3.8) is 0 Å². The van der Waals surface area contributed by atoms with E-state index in [9.17, 15) is 18.4 Å². The lowest BCUT2D eigenvalue weighted by Crippen LogP contribution is -2.35. The summed E-state index contributed by atoms with van der Waals surface area (Å²) in [5.74, 6) is 0.504. The Morgan fingerprint density at radius 3 is 1.59 bits per heavy atom. The first kappa shape index (κ1) is 25.1. The van der Waals surface area contributed by atoms with E-state index < -0.39 is 24.4 Å². The first-order chi connectivity index (χ1) is 18.9. The molecule has 0 radical (unpaired) electrons. The molecule has 4 aliphatic rings. The predicted molar refractivity (Wildman–Crippen MR) is 137 cm³/mol. The number of aliphatic imine (C=N–C) groups is 2. The first-order valence-corrected chi connectivity index (χ1v) is 12.5. The van der Waals surface area contributed by atoms with Gasteiger partial charge in [0.05, 0.1) is 61.9 Å². The molecule has 0 saturated carbocycles. The highest BCUT2D eigenvalue weighted by Gasteiger charge is 2.39. The van der Waals surface area contributed by atoms with Crippen molar-refractivity contribution in [1.29, 1.82) is 0 Å². The number of rotatable bonds is 6. The fourth-order valence-electron chi connectivity index (χ4n) is 5.37. The zero-order chi connectivity index (χ0) is 27.3. The largest absolute Gasteiger partial charge is 0.493 e. The number of halogens is 2. The lowest BCUT2D eigenvalue weighted by atomic mass is 10.1. The third kappa shape index (κ3) is 4.43. The lowest BCUT2D eigenvalue weighted by Gasteiger charge is -2.20. The Hall–Kier alpha value is -4.22. The van der Waals surface area contributed by atoms with Crippen LogP contribution in [0.25, 0.3) is 0 Å². The summed E-state index contributed by atoms with van der Waals surface area (Å²) in [5.41, 5.74) is 1.35. The van der Waals surface area contributed by atoms with Crippen molar-refractivity contribution in [2.75, 3.05) is 34.1 Å². The third-order valence-corrected chi connectivity index (χ3v) is 7.33. The summed E-state index contributed by atoms with van der Waals surface area (Å²) in [7, 11) is 2.88. The summed E-state index contributed by atoms with van der Waals surface area (Å²) < 4.78 is 50.3. The van der Waals surface area contributed by atoms with E-state index >= 15 is 0 Å². The number of alkyl halides is 2. The van der Waals surface area contributed by atoms with Gasteiger partial charge in [0.15, 0.2) is 23.0 Å². The number of hydrogen-bond acceptors (Lipinski definition) is 8. The Labute approximate surface area is 222 Å². The van der Waals surface area contributed by atoms with Crippen LogP contribution in [0.3, 0.4) is 0 Å². The molecule has 2 aromatic rings. The van der Waals surface area contributed by atoms with Crippen LogP contribution in [0.2, 0.25) is 0 Å². The van der Waals surface area contributed by atoms with Gasteiger partial charge >= 0.3 is 0 Å². The van der Waals surface area contributed by atoms with Crippen LogP contribution in [0.4, 0.5) is 20.2 Å². The fraction of sp³-hybridized carbons (Fsp3) is 0.407. The average molecular weight is 541 g/mol. The predicted octanol–water partition coefficient (Wildman–Crippen LogP) is 3.66. The maximum absolute atomic E-state index is 13.9. The minimum atomic E-state index is -1.08. The molecule has 0 aliphatic carbocycles. The number of ether oxygens (including phenoxy) is 4. The van der Waals surface area contributed by atoms with E-state index in [1.807, 2.05) is 0 Å². The maximum Gasteiger partial charge on any atom is 0.256 e. The highest BCUT2D eigenvalue weighted by Crippen LogP contribution is 2.40. The molecular formula is C27H26F2N4O6. The number of nitrogens with zero attached hydrogens (tertiary/aromatic N) is 4. The Bertz CT molecular complexity index is 1300. The number of carbonyl (C=O) groups is 2. The minimum Gasteiger partial charge on any atom is -0.493 e. The van der Waals surface area contributed by atoms with Gasteiger partial charge in [-0.3, -0.25) is 19.6 Å². The molecule has 12 heteroatoms. The van der Waals surface area contributed by atoms with Gasteiger partial charge < -0.3 is 28.7 Å². The molecule has 0 unspecified atom stereocenters. The van der Waals surface area contributed by atoms with Gasteiger partial charge in [-0.25, -0.2) is 8.78 Å². The molecule has 204 valence electrons. The monoisotopic (exact) mass is 540 g/mol. The lowest BCUT2D eigenvalue weighted by molar-refractivity contribution is 0.0758. The van der Waals surface area contributed by atoms with Gasteiger partial charge in [-0.05, 0) is 12.1 Å². The van der Waals surface area contributed by atoms with E-state index in [-0.39, 0.29) is 67.5 Å². The van der Waals surface area contributed by atoms with E-state index in [1.54, 1.807) is 24.6 Å². The summed E-state index contributed by atoms with van der Waals surface area (Å²) in [4.78, 5) is 37.9. The first-order valence-electron chi connectivity index (χ1n) is 12.5. The molecule has 4 heterocycles. The zero-order valence-electron chi connectivity index (χ0n) is 21.3. The quantitative estimate of drug-likeness (QED) is 0.519. The number of amides is 2. The summed E-state index contributed by atoms with van der Waals surface area (Å²) in [6, 6.07) is 5.39. The van der Waals surface area contributed by atoms with Crippen molar-refractivity contribution in [3.05, 3.63) is 35.4 Å². The summed E-state index contributed by atoms with van der Waals surface area (Å²) in [6.45, 7) is -0.219. The Morgan fingerprint density at radius 2 is 1.18 bits per heavy atom. The van der Waals surface area contributed by atoms with Crippen molar-refractivity contribution in [3.8, 4) is 23.0 Å². The second kappa shape index (κ2) is 9.83. The van der Waals surface area contributed by atoms with Gasteiger partial charge in [0, 0.05) is 37.4 Å². The molecule has 10 nitrogen and oxygen atoms in total. The van der Waals surface area contributed by atoms with Crippen LogP contribution in [0, 0.1) is 0 Å². The highest BCUT2D eigenvalue weighted by molar-refractivity contribution is 6.04. The smallest absolute Gasteiger partial charge is 0.256 e. The summed E-state index contributed by atoms with van der Waals surface area (Å²) in [5, 5.41) is 0. The van der Waals surface area contributed by atoms with Crippen LogP contribution in [0.5, 0.6) is 23.0 Å². The molecule has 4 atom stereocenters. The van der Waals surface area contributed by atoms with Crippen molar-refractivity contribution >= 4 is 35.6 Å². The van der Waals surface area contributed by atoms with Gasteiger partial charge in [0.1, 0.15) is 12.3 Å². The summed E-state index contributed by atoms with van der Waals surface area (Å²) in [6.07, 6.45) is 1.42. The van der Waals surface area contributed by atoms with E-state index in [0.717, 1.165) is 0 Å². The maximum atomic E-state index is 13.9. The minimum absolute atomic E-state index is 0.0245. The standard InChI is InChI=1S/C27H26F2N4O6/c1-36-22-5-18-20(30-9-16-3-14(28)11-32(16)26(18)34)7-24(22)38-13-39-25-8-21-19(6-23(25)37-2)27(35)33-12-15(29)4-17(33)10-31-21/h5-10,14-17H,3-4,11-13H2,1-2H3/t14-,15-,16-,17-/m0/s1. The number of methoxy groups -OCH3 is 2. The second-order valence-corrected chi connectivity index (χ2v) is 9.72. The number of carbonyl (C=O) groups excluding carboxylic acids is 2. The van der Waals surface area contributed by atoms with Crippen LogP contribution in [0.1, 0.15) is 33.6 Å². The SMILES string of the molecule is COc1cc2c(cc1OCOc1cc3c(cc1OC)C(=O)N1C[C@@H](F)C[C@H]1C=N3)N=C[C@@H]1C[C@H](F)CN1C2=O. The van der Waals surface area contributed by atoms with Crippen LogP contribution in [-0.2, 0) is 0 Å². The number of hydrogen-bond donors (Lipinski definition) is 0. The second-order valence-electron chi connectivity index (χ2n) is 9.72. The van der Waals surface area contributed by atoms with Crippen LogP contribution in [-0.4, -0.2) is 92.6 Å². The van der Waals surface area contributed by atoms with Crippen molar-refractivity contribution < 1.29 is 37.3 Å². The van der Waals surface area contributed by atoms with Gasteiger partial charge in [0.2, 0.25) is 6.79 Å². The summed E-state index contributed by atoms with van der Waals surface area (Å²) >= 11 is 0. The zero-order valence-corrected chi connectivity index (χ0v) is 21.3. The van der Waals surface area contributed by atoms with Crippen molar-refractivity contribution in [1.82, 2.24) is 9.80 Å². The van der Waals surface area contributed by atoms with Crippen LogP contribution < -0.4 is 18.9 Å². The number of benzene rings is 2. The molecular weight excluding hydrogens is 514 g/mol. The molecule has 0 N–H and O–H groups in total. The Balaban J connectivity index is 1.22. The fourth-order valence-corrected chi connectivity index (χ4v) is 5.37. The molecule has 0 spiro atoms. The molecule has 2 aromatic carbocycles. The van der Waals surface area contributed by atoms with Gasteiger partial charge in [0.25, 0.3) is 11.8 Å². The molecule has 4 aliphatic heterocycles. The van der Waals surface area contributed by atoms with Crippen molar-refractivity contribution in [2.45, 2.75) is 37.3 Å². The van der Waals surface area contributed by atoms with Gasteiger partial charge in [-0.1, -0.05) is 0 Å². The molecule has 2 saturated heterocycles. The molecule has 6 rings (SSSR count). The van der Waals surface area contributed by atoms with Crippen molar-refractivity contribution in [2.24, 2.45) is 9.98 Å². The third-order valence-electron chi connectivity index (χ3n) is 7.33. The van der Waals surface area contributed by atoms with E-state index in [2.05, 4.69) is 9.98 Å². The molecule has 2 amide bonds. The molecule has 2 fully saturated rings. The highest BCUT2D eigenvalue weighted by atomic mass is 19.1. The number of fused-ring (bicyclic) bond motifs is 4. The Morgan fingerprint density at radius 1 is 0.744 bits per heavy atom. The molecule has 0 aromatic heterocycles. The van der Waals surface area contributed by atoms with E-state index in [4.69, 9.17) is 18.9 Å².